The monoisotopic (exact) mass is 529 g/mol. The topological polar surface area (TPSA) is 136 Å². The van der Waals surface area contributed by atoms with E-state index >= 15 is 0 Å². The number of carbonyl (C=O) groups excluding carboxylic acids is 3. The summed E-state index contributed by atoms with van der Waals surface area (Å²) >= 11 is 0. The fraction of sp³-hybridized carbons (Fsp3) is 0.172. The molecule has 0 radical (unpaired) electrons. The van der Waals surface area contributed by atoms with Gasteiger partial charge >= 0.3 is 5.97 Å². The molecule has 0 atom stereocenters. The highest BCUT2D eigenvalue weighted by Crippen LogP contribution is 2.29. The summed E-state index contributed by atoms with van der Waals surface area (Å²) < 4.78 is 21.1. The van der Waals surface area contributed by atoms with Crippen LogP contribution >= 0.6 is 0 Å². The van der Waals surface area contributed by atoms with Crippen molar-refractivity contribution in [1.29, 1.82) is 5.26 Å². The van der Waals surface area contributed by atoms with Gasteiger partial charge in [-0.3, -0.25) is 9.59 Å². The van der Waals surface area contributed by atoms with Gasteiger partial charge in [-0.1, -0.05) is 6.07 Å². The van der Waals surface area contributed by atoms with E-state index in [4.69, 9.17) is 14.2 Å². The largest absolute Gasteiger partial charge is 0.497 e. The third-order valence-electron chi connectivity index (χ3n) is 5.24. The lowest BCUT2D eigenvalue weighted by atomic mass is 10.1. The van der Waals surface area contributed by atoms with Crippen molar-refractivity contribution in [2.75, 3.05) is 38.1 Å². The third kappa shape index (κ3) is 8.10. The normalized spacial score (nSPS) is 10.6. The second kappa shape index (κ2) is 13.9. The van der Waals surface area contributed by atoms with Crippen molar-refractivity contribution in [3.05, 3.63) is 83.4 Å². The van der Waals surface area contributed by atoms with Crippen LogP contribution in [0.15, 0.2) is 72.3 Å². The molecule has 0 aliphatic carbocycles. The van der Waals surface area contributed by atoms with Gasteiger partial charge in [0.2, 0.25) is 0 Å². The molecular formula is C29H27N3O7. The maximum atomic E-state index is 12.7. The van der Waals surface area contributed by atoms with E-state index in [2.05, 4.69) is 15.4 Å². The van der Waals surface area contributed by atoms with E-state index in [9.17, 15) is 19.6 Å². The Balaban J connectivity index is 1.67. The first-order valence-electron chi connectivity index (χ1n) is 11.8. The summed E-state index contributed by atoms with van der Waals surface area (Å²) in [5, 5.41) is 14.9. The molecule has 10 heteroatoms. The van der Waals surface area contributed by atoms with Crippen LogP contribution < -0.4 is 24.8 Å². The summed E-state index contributed by atoms with van der Waals surface area (Å²) in [4.78, 5) is 36.6. The van der Waals surface area contributed by atoms with Gasteiger partial charge < -0.3 is 29.6 Å². The molecule has 0 bridgehead atoms. The van der Waals surface area contributed by atoms with Crippen LogP contribution in [0.5, 0.6) is 17.2 Å². The molecule has 3 rings (SSSR count). The number of esters is 1. The summed E-state index contributed by atoms with van der Waals surface area (Å²) in [5.41, 5.74) is 1.69. The van der Waals surface area contributed by atoms with E-state index in [-0.39, 0.29) is 18.1 Å². The van der Waals surface area contributed by atoms with Gasteiger partial charge in [0.05, 0.1) is 26.4 Å². The summed E-state index contributed by atoms with van der Waals surface area (Å²) in [6.07, 6.45) is 1.40. The van der Waals surface area contributed by atoms with Crippen molar-refractivity contribution >= 4 is 35.2 Å². The standard InChI is InChI=1S/C29H27N3O7/c1-4-38-26-16-19(5-14-25(26)39-18-27(33)31-22-10-12-24(36-2)13-11-22)15-21(17-30)28(34)32-23-8-6-20(7-9-23)29(35)37-3/h5-16H,4,18H2,1-3H3,(H,31,33)(H,32,34)/b21-15-. The van der Waals surface area contributed by atoms with Crippen LogP contribution in [0.25, 0.3) is 6.08 Å². The molecular weight excluding hydrogens is 502 g/mol. The Kier molecular flexibility index (Phi) is 10.0. The summed E-state index contributed by atoms with van der Waals surface area (Å²) in [7, 11) is 2.83. The minimum Gasteiger partial charge on any atom is -0.497 e. The molecule has 0 aliphatic rings. The number of nitriles is 1. The van der Waals surface area contributed by atoms with E-state index in [0.29, 0.717) is 46.4 Å². The molecule has 3 aromatic rings. The number of nitrogens with one attached hydrogen (secondary N) is 2. The van der Waals surface area contributed by atoms with Gasteiger partial charge in [0.1, 0.15) is 17.4 Å². The SMILES string of the molecule is CCOc1cc(/C=C(/C#N)C(=O)Nc2ccc(C(=O)OC)cc2)ccc1OCC(=O)Nc1ccc(OC)cc1. The molecule has 0 heterocycles. The second-order valence-corrected chi connectivity index (χ2v) is 7.90. The molecule has 2 amide bonds. The van der Waals surface area contributed by atoms with Crippen molar-refractivity contribution in [2.45, 2.75) is 6.92 Å². The smallest absolute Gasteiger partial charge is 0.337 e. The number of carbonyl (C=O) groups is 3. The van der Waals surface area contributed by atoms with Crippen molar-refractivity contribution in [1.82, 2.24) is 0 Å². The Hall–Kier alpha value is -5.30. The van der Waals surface area contributed by atoms with Gasteiger partial charge in [-0.15, -0.1) is 0 Å². The lowest BCUT2D eigenvalue weighted by Gasteiger charge is -2.13. The number of hydrogen-bond donors (Lipinski definition) is 2. The van der Waals surface area contributed by atoms with Crippen LogP contribution in [0.4, 0.5) is 11.4 Å². The lowest BCUT2D eigenvalue weighted by molar-refractivity contribution is -0.118. The Morgan fingerprint density at radius 1 is 0.872 bits per heavy atom. The molecule has 200 valence electrons. The molecule has 2 N–H and O–H groups in total. The second-order valence-electron chi connectivity index (χ2n) is 7.90. The van der Waals surface area contributed by atoms with E-state index in [1.165, 1.54) is 37.5 Å². The van der Waals surface area contributed by atoms with Crippen LogP contribution in [0.3, 0.4) is 0 Å². The molecule has 0 fully saturated rings. The first-order chi connectivity index (χ1) is 18.9. The lowest BCUT2D eigenvalue weighted by Crippen LogP contribution is -2.20. The molecule has 3 aromatic carbocycles. The van der Waals surface area contributed by atoms with Gasteiger partial charge in [-0.05, 0) is 79.2 Å². The van der Waals surface area contributed by atoms with Gasteiger partial charge in [-0.2, -0.15) is 5.26 Å². The predicted octanol–water partition coefficient (Wildman–Crippen LogP) is 4.44. The van der Waals surface area contributed by atoms with Crippen molar-refractivity contribution in [3.63, 3.8) is 0 Å². The minimum absolute atomic E-state index is 0.151. The van der Waals surface area contributed by atoms with Gasteiger partial charge in [0.25, 0.3) is 11.8 Å². The zero-order chi connectivity index (χ0) is 28.2. The van der Waals surface area contributed by atoms with Crippen LogP contribution in [0.1, 0.15) is 22.8 Å². The summed E-state index contributed by atoms with van der Waals surface area (Å²) in [5.74, 6) is -0.148. The number of hydrogen-bond acceptors (Lipinski definition) is 8. The Labute approximate surface area is 225 Å². The highest BCUT2D eigenvalue weighted by molar-refractivity contribution is 6.09. The quantitative estimate of drug-likeness (QED) is 0.211. The van der Waals surface area contributed by atoms with Crippen molar-refractivity contribution < 1.29 is 33.3 Å². The average molecular weight is 530 g/mol. The number of amides is 2. The van der Waals surface area contributed by atoms with Crippen molar-refractivity contribution in [3.8, 4) is 23.3 Å². The molecule has 0 unspecified atom stereocenters. The predicted molar refractivity (Wildman–Crippen MR) is 145 cm³/mol. The molecule has 0 spiro atoms. The van der Waals surface area contributed by atoms with E-state index in [1.54, 1.807) is 56.5 Å². The molecule has 10 nitrogen and oxygen atoms in total. The third-order valence-corrected chi connectivity index (χ3v) is 5.24. The van der Waals surface area contributed by atoms with E-state index in [1.807, 2.05) is 6.07 Å². The van der Waals surface area contributed by atoms with Gasteiger partial charge in [0.15, 0.2) is 18.1 Å². The van der Waals surface area contributed by atoms with E-state index in [0.717, 1.165) is 0 Å². The van der Waals surface area contributed by atoms with E-state index < -0.39 is 11.9 Å². The molecule has 0 saturated heterocycles. The molecule has 0 aromatic heterocycles. The fourth-order valence-electron chi connectivity index (χ4n) is 3.34. The maximum Gasteiger partial charge on any atom is 0.337 e. The Morgan fingerprint density at radius 3 is 2.15 bits per heavy atom. The molecule has 39 heavy (non-hydrogen) atoms. The zero-order valence-electron chi connectivity index (χ0n) is 21.6. The minimum atomic E-state index is -0.628. The van der Waals surface area contributed by atoms with Crippen molar-refractivity contribution in [2.24, 2.45) is 0 Å². The fourth-order valence-corrected chi connectivity index (χ4v) is 3.34. The number of ether oxygens (including phenoxy) is 4. The first kappa shape index (κ1) is 28.3. The first-order valence-corrected chi connectivity index (χ1v) is 11.8. The van der Waals surface area contributed by atoms with Gasteiger partial charge in [0, 0.05) is 11.4 Å². The average Bonchev–Trinajstić information content (AvgIpc) is 2.96. The van der Waals surface area contributed by atoms with Gasteiger partial charge in [-0.25, -0.2) is 4.79 Å². The zero-order valence-corrected chi connectivity index (χ0v) is 21.6. The van der Waals surface area contributed by atoms with Crippen LogP contribution in [0, 0.1) is 11.3 Å². The number of anilines is 2. The molecule has 0 aliphatic heterocycles. The number of nitrogens with zero attached hydrogens (tertiary/aromatic N) is 1. The summed E-state index contributed by atoms with van der Waals surface area (Å²) in [6, 6.07) is 19.7. The molecule has 0 saturated carbocycles. The number of methoxy groups -OCH3 is 2. The highest BCUT2D eigenvalue weighted by atomic mass is 16.5. The Morgan fingerprint density at radius 2 is 1.54 bits per heavy atom. The van der Waals surface area contributed by atoms with Crippen LogP contribution in [-0.4, -0.2) is 45.2 Å². The maximum absolute atomic E-state index is 12.7. The number of rotatable bonds is 11. The highest BCUT2D eigenvalue weighted by Gasteiger charge is 2.13. The van der Waals surface area contributed by atoms with Crippen LogP contribution in [0.2, 0.25) is 0 Å². The van der Waals surface area contributed by atoms with Crippen LogP contribution in [-0.2, 0) is 14.3 Å². The summed E-state index contributed by atoms with van der Waals surface area (Å²) in [6.45, 7) is 1.86. The number of benzene rings is 3. The Bertz CT molecular complexity index is 1390.